The Balaban J connectivity index is 2.00. The molecule has 110 valence electrons. The minimum absolute atomic E-state index is 0.271. The highest BCUT2D eigenvalue weighted by atomic mass is 79.9. The SMILES string of the molecule is Cn1cnnc1CCn1c(CCl)nc2cc(Br)c(F)cc21. The molecule has 21 heavy (non-hydrogen) atoms. The van der Waals surface area contributed by atoms with E-state index in [1.165, 1.54) is 6.07 Å². The van der Waals surface area contributed by atoms with E-state index in [4.69, 9.17) is 11.6 Å². The summed E-state index contributed by atoms with van der Waals surface area (Å²) < 4.78 is 18.0. The lowest BCUT2D eigenvalue weighted by molar-refractivity contribution is 0.617. The predicted molar refractivity (Wildman–Crippen MR) is 81.7 cm³/mol. The van der Waals surface area contributed by atoms with Gasteiger partial charge in [-0.2, -0.15) is 0 Å². The Labute approximate surface area is 133 Å². The van der Waals surface area contributed by atoms with Gasteiger partial charge in [0, 0.05) is 26.1 Å². The van der Waals surface area contributed by atoms with E-state index in [1.807, 2.05) is 16.2 Å². The second-order valence-electron chi connectivity index (χ2n) is 4.68. The van der Waals surface area contributed by atoms with Gasteiger partial charge >= 0.3 is 0 Å². The van der Waals surface area contributed by atoms with Crippen LogP contribution >= 0.6 is 27.5 Å². The van der Waals surface area contributed by atoms with Crippen molar-refractivity contribution in [2.45, 2.75) is 18.8 Å². The molecule has 0 fully saturated rings. The molecule has 8 heteroatoms. The van der Waals surface area contributed by atoms with Crippen LogP contribution in [-0.2, 0) is 25.9 Å². The van der Waals surface area contributed by atoms with Gasteiger partial charge in [-0.15, -0.1) is 21.8 Å². The standard InChI is InChI=1S/C13H12BrClFN5/c1-20-7-17-19-12(20)2-3-21-11-5-9(16)8(14)4-10(11)18-13(21)6-15/h4-5,7H,2-3,6H2,1H3. The summed E-state index contributed by atoms with van der Waals surface area (Å²) in [6.07, 6.45) is 2.32. The minimum Gasteiger partial charge on any atom is -0.326 e. The smallest absolute Gasteiger partial charge is 0.139 e. The van der Waals surface area contributed by atoms with Crippen molar-refractivity contribution in [3.63, 3.8) is 0 Å². The molecule has 0 atom stereocenters. The van der Waals surface area contributed by atoms with Crippen molar-refractivity contribution in [2.24, 2.45) is 7.05 Å². The fraction of sp³-hybridized carbons (Fsp3) is 0.308. The summed E-state index contributed by atoms with van der Waals surface area (Å²) in [5.41, 5.74) is 1.45. The molecule has 0 unspecified atom stereocenters. The third-order valence-electron chi connectivity index (χ3n) is 3.35. The molecule has 1 aromatic carbocycles. The molecule has 0 saturated heterocycles. The molecule has 5 nitrogen and oxygen atoms in total. The third-order valence-corrected chi connectivity index (χ3v) is 4.20. The number of aromatic nitrogens is 5. The minimum atomic E-state index is -0.316. The van der Waals surface area contributed by atoms with Gasteiger partial charge in [0.2, 0.25) is 0 Å². The number of fused-ring (bicyclic) bond motifs is 1. The van der Waals surface area contributed by atoms with Gasteiger partial charge in [-0.25, -0.2) is 9.37 Å². The van der Waals surface area contributed by atoms with E-state index in [9.17, 15) is 4.39 Å². The molecule has 0 aliphatic heterocycles. The number of benzene rings is 1. The van der Waals surface area contributed by atoms with Crippen LogP contribution in [0.2, 0.25) is 0 Å². The molecule has 0 amide bonds. The first-order chi connectivity index (χ1) is 10.1. The monoisotopic (exact) mass is 371 g/mol. The van der Waals surface area contributed by atoms with Crippen molar-refractivity contribution in [2.75, 3.05) is 0 Å². The lowest BCUT2D eigenvalue weighted by atomic mass is 10.3. The van der Waals surface area contributed by atoms with Crippen LogP contribution in [0.1, 0.15) is 11.6 Å². The zero-order valence-corrected chi connectivity index (χ0v) is 13.6. The Morgan fingerprint density at radius 1 is 1.33 bits per heavy atom. The fourth-order valence-electron chi connectivity index (χ4n) is 2.27. The molecule has 3 rings (SSSR count). The first kappa shape index (κ1) is 14.5. The van der Waals surface area contributed by atoms with E-state index >= 15 is 0 Å². The van der Waals surface area contributed by atoms with Crippen molar-refractivity contribution in [3.05, 3.63) is 40.4 Å². The number of halogens is 3. The molecule has 0 radical (unpaired) electrons. The number of hydrogen-bond donors (Lipinski definition) is 0. The van der Waals surface area contributed by atoms with Crippen LogP contribution < -0.4 is 0 Å². The quantitative estimate of drug-likeness (QED) is 0.661. The van der Waals surface area contributed by atoms with Gasteiger partial charge in [0.15, 0.2) is 0 Å². The Morgan fingerprint density at radius 2 is 2.14 bits per heavy atom. The third kappa shape index (κ3) is 2.67. The van der Waals surface area contributed by atoms with Crippen LogP contribution in [0.5, 0.6) is 0 Å². The Hall–Kier alpha value is -1.47. The van der Waals surface area contributed by atoms with Crippen molar-refractivity contribution in [1.29, 1.82) is 0 Å². The molecule has 2 heterocycles. The zero-order chi connectivity index (χ0) is 15.0. The van der Waals surface area contributed by atoms with Crippen LogP contribution in [0.25, 0.3) is 11.0 Å². The first-order valence-electron chi connectivity index (χ1n) is 6.33. The second kappa shape index (κ2) is 5.73. The summed E-state index contributed by atoms with van der Waals surface area (Å²) >= 11 is 9.13. The number of imidazole rings is 1. The number of alkyl halides is 1. The molecular formula is C13H12BrClFN5. The summed E-state index contributed by atoms with van der Waals surface area (Å²) in [7, 11) is 1.89. The summed E-state index contributed by atoms with van der Waals surface area (Å²) in [6.45, 7) is 0.617. The van der Waals surface area contributed by atoms with Crippen molar-refractivity contribution in [3.8, 4) is 0 Å². The molecular weight excluding hydrogens is 361 g/mol. The molecule has 0 aliphatic rings. The molecule has 0 aliphatic carbocycles. The molecule has 0 spiro atoms. The van der Waals surface area contributed by atoms with Gasteiger partial charge in [-0.3, -0.25) is 0 Å². The Bertz CT molecular complexity index is 797. The highest BCUT2D eigenvalue weighted by molar-refractivity contribution is 9.10. The van der Waals surface area contributed by atoms with Crippen LogP contribution in [0.15, 0.2) is 22.9 Å². The van der Waals surface area contributed by atoms with Gasteiger partial charge in [0.1, 0.15) is 23.8 Å². The van der Waals surface area contributed by atoms with Gasteiger partial charge in [-0.05, 0) is 22.0 Å². The molecule has 3 aromatic rings. The maximum absolute atomic E-state index is 13.8. The summed E-state index contributed by atoms with van der Waals surface area (Å²) in [5, 5.41) is 7.90. The summed E-state index contributed by atoms with van der Waals surface area (Å²) in [4.78, 5) is 4.45. The van der Waals surface area contributed by atoms with Gasteiger partial charge in [0.05, 0.1) is 21.4 Å². The van der Waals surface area contributed by atoms with E-state index in [-0.39, 0.29) is 11.7 Å². The van der Waals surface area contributed by atoms with Crippen LogP contribution in [-0.4, -0.2) is 24.3 Å². The van der Waals surface area contributed by atoms with Crippen molar-refractivity contribution in [1.82, 2.24) is 24.3 Å². The van der Waals surface area contributed by atoms with E-state index in [0.717, 1.165) is 16.9 Å². The van der Waals surface area contributed by atoms with E-state index in [1.54, 1.807) is 12.4 Å². The Kier molecular flexibility index (Phi) is 3.95. The lowest BCUT2D eigenvalue weighted by Gasteiger charge is -2.07. The van der Waals surface area contributed by atoms with Gasteiger partial charge in [0.25, 0.3) is 0 Å². The van der Waals surface area contributed by atoms with Gasteiger partial charge in [-0.1, -0.05) is 0 Å². The fourth-order valence-corrected chi connectivity index (χ4v) is 2.80. The second-order valence-corrected chi connectivity index (χ2v) is 5.80. The normalized spacial score (nSPS) is 11.4. The maximum Gasteiger partial charge on any atom is 0.139 e. The Morgan fingerprint density at radius 3 is 2.81 bits per heavy atom. The predicted octanol–water partition coefficient (Wildman–Crippen LogP) is 3.05. The lowest BCUT2D eigenvalue weighted by Crippen LogP contribution is -2.08. The van der Waals surface area contributed by atoms with E-state index in [0.29, 0.717) is 23.3 Å². The summed E-state index contributed by atoms with van der Waals surface area (Å²) in [6, 6.07) is 3.14. The van der Waals surface area contributed by atoms with Crippen LogP contribution in [0.4, 0.5) is 4.39 Å². The average molecular weight is 373 g/mol. The van der Waals surface area contributed by atoms with Crippen LogP contribution in [0.3, 0.4) is 0 Å². The number of aryl methyl sites for hydroxylation is 3. The van der Waals surface area contributed by atoms with Crippen molar-refractivity contribution < 1.29 is 4.39 Å². The topological polar surface area (TPSA) is 48.5 Å². The highest BCUT2D eigenvalue weighted by Crippen LogP contribution is 2.25. The maximum atomic E-state index is 13.8. The number of nitrogens with zero attached hydrogens (tertiary/aromatic N) is 5. The molecule has 2 aromatic heterocycles. The van der Waals surface area contributed by atoms with Crippen LogP contribution in [0, 0.1) is 5.82 Å². The molecule has 0 saturated carbocycles. The average Bonchev–Trinajstić information content (AvgIpc) is 3.01. The number of hydrogen-bond acceptors (Lipinski definition) is 3. The van der Waals surface area contributed by atoms with E-state index < -0.39 is 0 Å². The van der Waals surface area contributed by atoms with Gasteiger partial charge < -0.3 is 9.13 Å². The molecule has 0 N–H and O–H groups in total. The highest BCUT2D eigenvalue weighted by Gasteiger charge is 2.13. The summed E-state index contributed by atoms with van der Waals surface area (Å²) in [5.74, 6) is 1.52. The molecule has 0 bridgehead atoms. The van der Waals surface area contributed by atoms with Crippen molar-refractivity contribution >= 4 is 38.6 Å². The largest absolute Gasteiger partial charge is 0.326 e. The number of rotatable bonds is 4. The first-order valence-corrected chi connectivity index (χ1v) is 7.66. The van der Waals surface area contributed by atoms with E-state index in [2.05, 4.69) is 31.1 Å². The zero-order valence-electron chi connectivity index (χ0n) is 11.2.